The fourth-order valence-corrected chi connectivity index (χ4v) is 4.65. The Morgan fingerprint density at radius 3 is 2.09 bits per heavy atom. The lowest BCUT2D eigenvalue weighted by Gasteiger charge is -2.27. The zero-order chi connectivity index (χ0) is 15.6. The van der Waals surface area contributed by atoms with Gasteiger partial charge >= 0.3 is 0 Å². The van der Waals surface area contributed by atoms with Gasteiger partial charge in [0.1, 0.15) is 0 Å². The Morgan fingerprint density at radius 1 is 0.864 bits per heavy atom. The molecule has 0 unspecified atom stereocenters. The summed E-state index contributed by atoms with van der Waals surface area (Å²) in [6.07, 6.45) is 2.01. The molecule has 22 heavy (non-hydrogen) atoms. The molecule has 0 saturated heterocycles. The molecule has 1 aliphatic carbocycles. The average molecular weight is 314 g/mol. The molecule has 0 aliphatic heterocycles. The second kappa shape index (κ2) is 6.07. The number of hydrogen-bond donors (Lipinski definition) is 1. The molecule has 0 radical (unpaired) electrons. The van der Waals surface area contributed by atoms with Crippen molar-refractivity contribution in [2.75, 3.05) is 0 Å². The van der Waals surface area contributed by atoms with Gasteiger partial charge in [0.25, 0.3) is 0 Å². The quantitative estimate of drug-likeness (QED) is 0.946. The number of allylic oxidation sites excluding steroid dienone is 1. The molecule has 0 aromatic heterocycles. The molecule has 3 nitrogen and oxygen atoms in total. The van der Waals surface area contributed by atoms with E-state index in [1.807, 2.05) is 30.3 Å². The number of benzene rings is 2. The standard InChI is InChI=1S/C18H18O3S/c19-15-11-12-17(14-7-3-1-4-8-14)18(13-15)22(20,21)16-9-5-2-6-10-16/h1-10,13,15,17,19H,11-12H2/t15-,17+/m0/s1. The van der Waals surface area contributed by atoms with E-state index in [2.05, 4.69) is 0 Å². The van der Waals surface area contributed by atoms with Crippen molar-refractivity contribution in [1.82, 2.24) is 0 Å². The fraction of sp³-hybridized carbons (Fsp3) is 0.222. The molecule has 1 N–H and O–H groups in total. The first-order valence-electron chi connectivity index (χ1n) is 7.34. The van der Waals surface area contributed by atoms with Gasteiger partial charge in [0, 0.05) is 5.92 Å². The maximum absolute atomic E-state index is 12.9. The van der Waals surface area contributed by atoms with E-state index in [9.17, 15) is 13.5 Å². The lowest BCUT2D eigenvalue weighted by molar-refractivity contribution is 0.200. The Kier molecular flexibility index (Phi) is 4.14. The lowest BCUT2D eigenvalue weighted by atomic mass is 9.88. The number of sulfone groups is 1. The van der Waals surface area contributed by atoms with Crippen LogP contribution in [0, 0.1) is 0 Å². The van der Waals surface area contributed by atoms with Crippen LogP contribution < -0.4 is 0 Å². The molecule has 0 fully saturated rings. The van der Waals surface area contributed by atoms with Gasteiger partial charge in [-0.1, -0.05) is 48.5 Å². The summed E-state index contributed by atoms with van der Waals surface area (Å²) < 4.78 is 25.9. The molecule has 1 aliphatic rings. The normalized spacial score (nSPS) is 22.1. The SMILES string of the molecule is O=S(=O)(C1=C[C@@H](O)CC[C@@H]1c1ccccc1)c1ccccc1. The van der Waals surface area contributed by atoms with Crippen molar-refractivity contribution in [2.45, 2.75) is 29.8 Å². The Labute approximate surface area is 130 Å². The van der Waals surface area contributed by atoms with E-state index in [0.717, 1.165) is 5.56 Å². The third kappa shape index (κ3) is 2.85. The summed E-state index contributed by atoms with van der Waals surface area (Å²) >= 11 is 0. The molecule has 3 rings (SSSR count). The van der Waals surface area contributed by atoms with Crippen LogP contribution in [0.2, 0.25) is 0 Å². The number of hydrogen-bond acceptors (Lipinski definition) is 3. The summed E-state index contributed by atoms with van der Waals surface area (Å²) in [5, 5.41) is 9.91. The van der Waals surface area contributed by atoms with Gasteiger partial charge in [-0.05, 0) is 36.6 Å². The van der Waals surface area contributed by atoms with E-state index < -0.39 is 15.9 Å². The minimum atomic E-state index is -3.59. The molecule has 2 atom stereocenters. The molecule has 114 valence electrons. The van der Waals surface area contributed by atoms with Crippen LogP contribution in [0.4, 0.5) is 0 Å². The molecule has 0 bridgehead atoms. The molecular weight excluding hydrogens is 296 g/mol. The number of aliphatic hydroxyl groups excluding tert-OH is 1. The molecule has 2 aromatic rings. The van der Waals surface area contributed by atoms with E-state index in [0.29, 0.717) is 17.7 Å². The van der Waals surface area contributed by atoms with Crippen LogP contribution in [-0.4, -0.2) is 19.6 Å². The van der Waals surface area contributed by atoms with Gasteiger partial charge in [0.15, 0.2) is 0 Å². The van der Waals surface area contributed by atoms with Gasteiger partial charge in [0.05, 0.1) is 15.9 Å². The third-order valence-corrected chi connectivity index (χ3v) is 5.95. The topological polar surface area (TPSA) is 54.4 Å². The second-order valence-electron chi connectivity index (χ2n) is 5.49. The van der Waals surface area contributed by atoms with Crippen molar-refractivity contribution in [3.05, 3.63) is 77.2 Å². The highest BCUT2D eigenvalue weighted by Crippen LogP contribution is 2.39. The minimum Gasteiger partial charge on any atom is -0.389 e. The van der Waals surface area contributed by atoms with E-state index >= 15 is 0 Å². The first-order chi connectivity index (χ1) is 10.6. The maximum Gasteiger partial charge on any atom is 0.203 e. The van der Waals surface area contributed by atoms with Crippen LogP contribution in [-0.2, 0) is 9.84 Å². The summed E-state index contributed by atoms with van der Waals surface area (Å²) in [5.74, 6) is -0.199. The van der Waals surface area contributed by atoms with Crippen molar-refractivity contribution >= 4 is 9.84 Å². The predicted molar refractivity (Wildman–Crippen MR) is 86.1 cm³/mol. The van der Waals surface area contributed by atoms with Crippen molar-refractivity contribution in [3.63, 3.8) is 0 Å². The van der Waals surface area contributed by atoms with E-state index in [1.54, 1.807) is 30.3 Å². The first-order valence-corrected chi connectivity index (χ1v) is 8.82. The van der Waals surface area contributed by atoms with Crippen molar-refractivity contribution in [3.8, 4) is 0 Å². The smallest absolute Gasteiger partial charge is 0.203 e. The van der Waals surface area contributed by atoms with Crippen LogP contribution in [0.1, 0.15) is 24.3 Å². The molecule has 0 saturated carbocycles. The van der Waals surface area contributed by atoms with Crippen molar-refractivity contribution < 1.29 is 13.5 Å². The maximum atomic E-state index is 12.9. The Balaban J connectivity index is 2.09. The van der Waals surface area contributed by atoms with Crippen molar-refractivity contribution in [2.24, 2.45) is 0 Å². The summed E-state index contributed by atoms with van der Waals surface area (Å²) in [6.45, 7) is 0. The average Bonchev–Trinajstić information content (AvgIpc) is 2.56. The van der Waals surface area contributed by atoms with E-state index in [1.165, 1.54) is 6.08 Å². The molecule has 4 heteroatoms. The van der Waals surface area contributed by atoms with Crippen LogP contribution in [0.3, 0.4) is 0 Å². The lowest BCUT2D eigenvalue weighted by Crippen LogP contribution is -2.21. The van der Waals surface area contributed by atoms with Gasteiger partial charge < -0.3 is 5.11 Å². The summed E-state index contributed by atoms with van der Waals surface area (Å²) in [6, 6.07) is 18.0. The van der Waals surface area contributed by atoms with E-state index in [4.69, 9.17) is 0 Å². The Bertz CT molecular complexity index is 764. The third-order valence-electron chi connectivity index (χ3n) is 4.02. The van der Waals surface area contributed by atoms with Crippen LogP contribution >= 0.6 is 0 Å². The number of aliphatic hydroxyl groups is 1. The zero-order valence-electron chi connectivity index (χ0n) is 12.1. The molecule has 0 spiro atoms. The Morgan fingerprint density at radius 2 is 1.45 bits per heavy atom. The first kappa shape index (κ1) is 15.0. The van der Waals surface area contributed by atoms with Gasteiger partial charge in [-0.3, -0.25) is 0 Å². The summed E-state index contributed by atoms with van der Waals surface area (Å²) in [4.78, 5) is 0.583. The van der Waals surface area contributed by atoms with E-state index in [-0.39, 0.29) is 10.8 Å². The predicted octanol–water partition coefficient (Wildman–Crippen LogP) is 3.28. The van der Waals surface area contributed by atoms with Gasteiger partial charge in [-0.15, -0.1) is 0 Å². The highest BCUT2D eigenvalue weighted by atomic mass is 32.2. The van der Waals surface area contributed by atoms with Crippen LogP contribution in [0.5, 0.6) is 0 Å². The monoisotopic (exact) mass is 314 g/mol. The molecule has 2 aromatic carbocycles. The summed E-state index contributed by atoms with van der Waals surface area (Å²) in [5.41, 5.74) is 0.972. The fourth-order valence-electron chi connectivity index (χ4n) is 2.90. The van der Waals surface area contributed by atoms with Gasteiger partial charge in [-0.2, -0.15) is 0 Å². The molecule has 0 heterocycles. The molecular formula is C18H18O3S. The van der Waals surface area contributed by atoms with Crippen molar-refractivity contribution in [1.29, 1.82) is 0 Å². The molecule has 0 amide bonds. The van der Waals surface area contributed by atoms with Crippen LogP contribution in [0.15, 0.2) is 76.5 Å². The minimum absolute atomic E-state index is 0.199. The Hall–Kier alpha value is -1.91. The highest BCUT2D eigenvalue weighted by Gasteiger charge is 2.32. The van der Waals surface area contributed by atoms with Gasteiger partial charge in [0.2, 0.25) is 9.84 Å². The van der Waals surface area contributed by atoms with Crippen LogP contribution in [0.25, 0.3) is 0 Å². The van der Waals surface area contributed by atoms with Gasteiger partial charge in [-0.25, -0.2) is 8.42 Å². The number of rotatable bonds is 3. The largest absolute Gasteiger partial charge is 0.389 e. The highest BCUT2D eigenvalue weighted by molar-refractivity contribution is 7.95. The zero-order valence-corrected chi connectivity index (χ0v) is 12.9. The second-order valence-corrected chi connectivity index (χ2v) is 7.44. The summed E-state index contributed by atoms with van der Waals surface area (Å²) in [7, 11) is -3.59.